The Morgan fingerprint density at radius 2 is 2.08 bits per heavy atom. The molecular weight excluding hydrogens is 154 g/mol. The lowest BCUT2D eigenvalue weighted by Crippen LogP contribution is -2.36. The topological polar surface area (TPSA) is 29.5 Å². The molecule has 0 spiro atoms. The third-order valence-corrected chi connectivity index (χ3v) is 2.51. The largest absolute Gasteiger partial charge is 0.450 e. The first kappa shape index (κ1) is 7.65. The van der Waals surface area contributed by atoms with Crippen LogP contribution in [-0.4, -0.2) is 29.7 Å². The molecule has 1 saturated heterocycles. The molecule has 0 aromatic rings. The quantitative estimate of drug-likeness (QED) is 0.554. The lowest BCUT2D eigenvalue weighted by Gasteiger charge is -2.20. The average molecular weight is 167 g/mol. The SMILES string of the molecule is CCOC(=O)N1C2C=CC1CC2. The molecule has 1 fully saturated rings. The van der Waals surface area contributed by atoms with E-state index in [0.717, 1.165) is 12.8 Å². The van der Waals surface area contributed by atoms with Gasteiger partial charge in [0.25, 0.3) is 0 Å². The standard InChI is InChI=1S/C9H13NO2/c1-2-12-9(11)10-7-3-4-8(10)6-5-7/h3-4,7-8H,2,5-6H2,1H3. The number of carbonyl (C=O) groups is 1. The second-order valence-electron chi connectivity index (χ2n) is 3.20. The second kappa shape index (κ2) is 2.81. The summed E-state index contributed by atoms with van der Waals surface area (Å²) in [5.41, 5.74) is 0. The van der Waals surface area contributed by atoms with E-state index in [1.807, 2.05) is 11.8 Å². The first-order valence-electron chi connectivity index (χ1n) is 4.46. The molecule has 0 N–H and O–H groups in total. The van der Waals surface area contributed by atoms with Crippen molar-refractivity contribution in [1.29, 1.82) is 0 Å². The molecule has 3 nitrogen and oxygen atoms in total. The Morgan fingerprint density at radius 3 is 2.50 bits per heavy atom. The molecule has 2 aliphatic rings. The molecule has 1 amide bonds. The van der Waals surface area contributed by atoms with E-state index in [0.29, 0.717) is 18.7 Å². The minimum absolute atomic E-state index is 0.157. The van der Waals surface area contributed by atoms with Crippen LogP contribution < -0.4 is 0 Å². The van der Waals surface area contributed by atoms with Crippen molar-refractivity contribution in [3.63, 3.8) is 0 Å². The molecule has 0 saturated carbocycles. The van der Waals surface area contributed by atoms with Gasteiger partial charge in [-0.1, -0.05) is 12.2 Å². The highest BCUT2D eigenvalue weighted by atomic mass is 16.6. The summed E-state index contributed by atoms with van der Waals surface area (Å²) in [7, 11) is 0. The molecule has 12 heavy (non-hydrogen) atoms. The van der Waals surface area contributed by atoms with Gasteiger partial charge in [-0.15, -0.1) is 0 Å². The molecule has 0 radical (unpaired) electrons. The highest BCUT2D eigenvalue weighted by Crippen LogP contribution is 2.32. The van der Waals surface area contributed by atoms with E-state index in [9.17, 15) is 4.79 Å². The van der Waals surface area contributed by atoms with E-state index in [1.54, 1.807) is 0 Å². The fraction of sp³-hybridized carbons (Fsp3) is 0.667. The molecule has 0 aromatic carbocycles. The van der Waals surface area contributed by atoms with Crippen molar-refractivity contribution >= 4 is 6.09 Å². The van der Waals surface area contributed by atoms with Gasteiger partial charge in [-0.05, 0) is 19.8 Å². The van der Waals surface area contributed by atoms with Crippen LogP contribution in [0, 0.1) is 0 Å². The van der Waals surface area contributed by atoms with Crippen LogP contribution in [-0.2, 0) is 4.74 Å². The minimum Gasteiger partial charge on any atom is -0.450 e. The molecule has 2 rings (SSSR count). The Labute approximate surface area is 72.0 Å². The van der Waals surface area contributed by atoms with Crippen LogP contribution in [0.2, 0.25) is 0 Å². The first-order chi connectivity index (χ1) is 5.83. The van der Waals surface area contributed by atoms with E-state index < -0.39 is 0 Å². The average Bonchev–Trinajstić information content (AvgIpc) is 2.62. The van der Waals surface area contributed by atoms with Crippen LogP contribution in [0.1, 0.15) is 19.8 Å². The van der Waals surface area contributed by atoms with Gasteiger partial charge in [0.15, 0.2) is 0 Å². The van der Waals surface area contributed by atoms with E-state index in [2.05, 4.69) is 12.2 Å². The summed E-state index contributed by atoms with van der Waals surface area (Å²) in [6.45, 7) is 2.30. The van der Waals surface area contributed by atoms with Crippen LogP contribution in [0.5, 0.6) is 0 Å². The van der Waals surface area contributed by atoms with Crippen LogP contribution in [0.3, 0.4) is 0 Å². The predicted molar refractivity (Wildman–Crippen MR) is 44.8 cm³/mol. The molecule has 0 aliphatic carbocycles. The predicted octanol–water partition coefficient (Wildman–Crippen LogP) is 1.55. The number of amides is 1. The molecule has 66 valence electrons. The maximum absolute atomic E-state index is 11.4. The molecule has 2 heterocycles. The van der Waals surface area contributed by atoms with Gasteiger partial charge in [-0.3, -0.25) is 4.90 Å². The fourth-order valence-electron chi connectivity index (χ4n) is 1.97. The number of fused-ring (bicyclic) bond motifs is 2. The fourth-order valence-corrected chi connectivity index (χ4v) is 1.97. The van der Waals surface area contributed by atoms with Gasteiger partial charge >= 0.3 is 6.09 Å². The maximum atomic E-state index is 11.4. The summed E-state index contributed by atoms with van der Waals surface area (Å²) >= 11 is 0. The summed E-state index contributed by atoms with van der Waals surface area (Å²) in [6.07, 6.45) is 6.24. The van der Waals surface area contributed by atoms with Gasteiger partial charge in [0.2, 0.25) is 0 Å². The minimum atomic E-state index is -0.157. The smallest absolute Gasteiger partial charge is 0.410 e. The highest BCUT2D eigenvalue weighted by molar-refractivity contribution is 5.70. The summed E-state index contributed by atoms with van der Waals surface area (Å²) in [5, 5.41) is 0. The van der Waals surface area contributed by atoms with Crippen molar-refractivity contribution in [2.75, 3.05) is 6.61 Å². The maximum Gasteiger partial charge on any atom is 0.410 e. The van der Waals surface area contributed by atoms with Gasteiger partial charge in [-0.25, -0.2) is 4.79 Å². The van der Waals surface area contributed by atoms with Crippen LogP contribution >= 0.6 is 0 Å². The summed E-state index contributed by atoms with van der Waals surface area (Å²) in [6, 6.07) is 0.628. The number of hydrogen-bond donors (Lipinski definition) is 0. The van der Waals surface area contributed by atoms with Crippen molar-refractivity contribution in [2.24, 2.45) is 0 Å². The summed E-state index contributed by atoms with van der Waals surface area (Å²) < 4.78 is 4.95. The Morgan fingerprint density at radius 1 is 1.50 bits per heavy atom. The highest BCUT2D eigenvalue weighted by Gasteiger charge is 2.38. The van der Waals surface area contributed by atoms with Crippen molar-refractivity contribution in [2.45, 2.75) is 31.8 Å². The van der Waals surface area contributed by atoms with Gasteiger partial charge in [0.1, 0.15) is 0 Å². The van der Waals surface area contributed by atoms with Crippen LogP contribution in [0.4, 0.5) is 4.79 Å². The van der Waals surface area contributed by atoms with Gasteiger partial charge in [-0.2, -0.15) is 0 Å². The van der Waals surface area contributed by atoms with E-state index in [4.69, 9.17) is 4.74 Å². The Balaban J connectivity index is 2.02. The Hall–Kier alpha value is -0.990. The van der Waals surface area contributed by atoms with E-state index in [1.165, 1.54) is 0 Å². The third kappa shape index (κ3) is 1.00. The van der Waals surface area contributed by atoms with E-state index >= 15 is 0 Å². The number of hydrogen-bond acceptors (Lipinski definition) is 2. The molecular formula is C9H13NO2. The number of rotatable bonds is 1. The lowest BCUT2D eigenvalue weighted by molar-refractivity contribution is 0.104. The van der Waals surface area contributed by atoms with Crippen LogP contribution in [0.15, 0.2) is 12.2 Å². The van der Waals surface area contributed by atoms with Gasteiger partial charge in [0.05, 0.1) is 18.7 Å². The zero-order valence-electron chi connectivity index (χ0n) is 7.19. The second-order valence-corrected chi connectivity index (χ2v) is 3.20. The van der Waals surface area contributed by atoms with Crippen molar-refractivity contribution in [3.05, 3.63) is 12.2 Å². The zero-order valence-corrected chi connectivity index (χ0v) is 7.19. The summed E-state index contributed by atoms with van der Waals surface area (Å²) in [5.74, 6) is 0. The van der Waals surface area contributed by atoms with Gasteiger partial charge < -0.3 is 4.74 Å². The third-order valence-electron chi connectivity index (χ3n) is 2.51. The molecule has 3 heteroatoms. The van der Waals surface area contributed by atoms with Crippen molar-refractivity contribution < 1.29 is 9.53 Å². The zero-order chi connectivity index (χ0) is 8.55. The monoisotopic (exact) mass is 167 g/mol. The molecule has 2 atom stereocenters. The molecule has 2 bridgehead atoms. The number of carbonyl (C=O) groups excluding carboxylic acids is 1. The molecule has 0 aromatic heterocycles. The van der Waals surface area contributed by atoms with Gasteiger partial charge in [0, 0.05) is 0 Å². The van der Waals surface area contributed by atoms with Crippen LogP contribution in [0.25, 0.3) is 0 Å². The molecule has 2 unspecified atom stereocenters. The number of ether oxygens (including phenoxy) is 1. The molecule has 2 aliphatic heterocycles. The van der Waals surface area contributed by atoms with E-state index in [-0.39, 0.29) is 6.09 Å². The normalized spacial score (nSPS) is 31.2. The lowest BCUT2D eigenvalue weighted by atomic mass is 10.1. The number of nitrogens with zero attached hydrogens (tertiary/aromatic N) is 1. The first-order valence-corrected chi connectivity index (χ1v) is 4.46. The Bertz CT molecular complexity index is 211. The van der Waals surface area contributed by atoms with Crippen molar-refractivity contribution in [1.82, 2.24) is 4.90 Å². The summed E-state index contributed by atoms with van der Waals surface area (Å²) in [4.78, 5) is 13.2. The Kier molecular flexibility index (Phi) is 1.79. The van der Waals surface area contributed by atoms with Crippen molar-refractivity contribution in [3.8, 4) is 0 Å².